The number of unbranched alkanes of at least 4 members (excludes halogenated alkanes) is 3. The van der Waals surface area contributed by atoms with Gasteiger partial charge in [-0.3, -0.25) is 4.99 Å². The summed E-state index contributed by atoms with van der Waals surface area (Å²) in [6.45, 7) is 1.87. The molecule has 0 unspecified atom stereocenters. The molecule has 0 radical (unpaired) electrons. The Morgan fingerprint density at radius 2 is 1.77 bits per heavy atom. The number of nitrogens with one attached hydrogen (secondary N) is 2. The number of aliphatic imine (C=N–C) groups is 1. The van der Waals surface area contributed by atoms with Gasteiger partial charge in [0.05, 0.1) is 7.11 Å². The van der Waals surface area contributed by atoms with Crippen LogP contribution in [0.4, 0.5) is 0 Å². The highest BCUT2D eigenvalue weighted by Crippen LogP contribution is 2.20. The third-order valence-corrected chi connectivity index (χ3v) is 5.16. The van der Waals surface area contributed by atoms with Crippen LogP contribution in [-0.4, -0.2) is 55.4 Å². The highest BCUT2D eigenvalue weighted by Gasteiger charge is 2.08. The molecule has 2 aromatic rings. The van der Waals surface area contributed by atoms with Gasteiger partial charge in [-0.05, 0) is 62.0 Å². The Balaban J connectivity index is 0.00000450. The zero-order valence-corrected chi connectivity index (χ0v) is 21.3. The fourth-order valence-electron chi connectivity index (χ4n) is 2.80. The maximum Gasteiger partial charge on any atom is 0.226 e. The number of nitrogens with zero attached hydrogens (tertiary/aromatic N) is 3. The maximum atomic E-state index is 5.37. The topological polar surface area (TPSA) is 84.6 Å². The van der Waals surface area contributed by atoms with E-state index in [9.17, 15) is 0 Å². The molecule has 0 amide bonds. The minimum absolute atomic E-state index is 0. The van der Waals surface area contributed by atoms with Gasteiger partial charge >= 0.3 is 0 Å². The van der Waals surface area contributed by atoms with Crippen LogP contribution in [0.1, 0.15) is 38.0 Å². The summed E-state index contributed by atoms with van der Waals surface area (Å²) in [4.78, 5) is 8.75. The van der Waals surface area contributed by atoms with Crippen LogP contribution in [0.5, 0.6) is 5.75 Å². The molecule has 30 heavy (non-hydrogen) atoms. The van der Waals surface area contributed by atoms with E-state index in [2.05, 4.69) is 32.0 Å². The Morgan fingerprint density at radius 1 is 1.07 bits per heavy atom. The van der Waals surface area contributed by atoms with Gasteiger partial charge in [-0.25, -0.2) is 0 Å². The van der Waals surface area contributed by atoms with Gasteiger partial charge in [-0.1, -0.05) is 11.6 Å². The molecule has 9 heteroatoms. The Labute approximate surface area is 201 Å². The first-order chi connectivity index (χ1) is 14.3. The Bertz CT molecular complexity index is 724. The van der Waals surface area contributed by atoms with E-state index < -0.39 is 0 Å². The van der Waals surface area contributed by atoms with Crippen molar-refractivity contribution in [1.82, 2.24) is 20.8 Å². The monoisotopic (exact) mass is 547 g/mol. The van der Waals surface area contributed by atoms with Crippen molar-refractivity contribution >= 4 is 41.7 Å². The fraction of sp³-hybridized carbons (Fsp3) is 0.571. The average Bonchev–Trinajstić information content (AvgIpc) is 3.23. The number of halogens is 1. The van der Waals surface area contributed by atoms with Crippen molar-refractivity contribution < 1.29 is 9.26 Å². The molecule has 7 nitrogen and oxygen atoms in total. The molecule has 0 bridgehead atoms. The summed E-state index contributed by atoms with van der Waals surface area (Å²) in [5.74, 6) is 4.22. The molecule has 0 saturated carbocycles. The smallest absolute Gasteiger partial charge is 0.226 e. The normalized spacial score (nSPS) is 11.1. The molecule has 0 aliphatic carbocycles. The lowest BCUT2D eigenvalue weighted by atomic mass is 10.2. The van der Waals surface area contributed by atoms with Crippen LogP contribution in [0.15, 0.2) is 33.8 Å². The van der Waals surface area contributed by atoms with Crippen molar-refractivity contribution in [1.29, 1.82) is 0 Å². The number of thioether (sulfide) groups is 1. The van der Waals surface area contributed by atoms with Crippen LogP contribution in [-0.2, 0) is 6.42 Å². The van der Waals surface area contributed by atoms with Gasteiger partial charge in [0.2, 0.25) is 11.7 Å². The van der Waals surface area contributed by atoms with Crippen LogP contribution in [0.2, 0.25) is 0 Å². The predicted octanol–water partition coefficient (Wildman–Crippen LogP) is 4.38. The van der Waals surface area contributed by atoms with E-state index >= 15 is 0 Å². The van der Waals surface area contributed by atoms with Crippen molar-refractivity contribution in [3.63, 3.8) is 0 Å². The summed E-state index contributed by atoms with van der Waals surface area (Å²) in [6.07, 6.45) is 8.54. The number of benzene rings is 1. The van der Waals surface area contributed by atoms with E-state index in [1.165, 1.54) is 18.6 Å². The Hall–Kier alpha value is -1.49. The molecule has 1 aromatic heterocycles. The summed E-state index contributed by atoms with van der Waals surface area (Å²) >= 11 is 1.89. The number of ether oxygens (including phenoxy) is 1. The van der Waals surface area contributed by atoms with Gasteiger partial charge in [-0.2, -0.15) is 16.7 Å². The predicted molar refractivity (Wildman–Crippen MR) is 136 cm³/mol. The Kier molecular flexibility index (Phi) is 14.4. The van der Waals surface area contributed by atoms with Crippen molar-refractivity contribution in [2.75, 3.05) is 39.3 Å². The van der Waals surface area contributed by atoms with Gasteiger partial charge in [0.15, 0.2) is 5.96 Å². The lowest BCUT2D eigenvalue weighted by molar-refractivity contribution is 0.374. The molecule has 0 aliphatic rings. The van der Waals surface area contributed by atoms with Gasteiger partial charge in [0.1, 0.15) is 5.75 Å². The third-order valence-electron chi connectivity index (χ3n) is 4.47. The zero-order valence-electron chi connectivity index (χ0n) is 18.1. The summed E-state index contributed by atoms with van der Waals surface area (Å²) in [5, 5.41) is 10.8. The molecule has 0 spiro atoms. The molecule has 0 aliphatic heterocycles. The van der Waals surface area contributed by atoms with Crippen LogP contribution < -0.4 is 15.4 Å². The second-order valence-corrected chi connectivity index (χ2v) is 7.66. The maximum absolute atomic E-state index is 5.37. The fourth-order valence-corrected chi connectivity index (χ4v) is 3.29. The second-order valence-electron chi connectivity index (χ2n) is 6.68. The van der Waals surface area contributed by atoms with Gasteiger partial charge in [0.25, 0.3) is 0 Å². The highest BCUT2D eigenvalue weighted by molar-refractivity contribution is 14.0. The summed E-state index contributed by atoms with van der Waals surface area (Å²) in [6, 6.07) is 7.66. The first kappa shape index (κ1) is 26.5. The number of aryl methyl sites for hydroxylation is 1. The molecule has 0 atom stereocenters. The van der Waals surface area contributed by atoms with Crippen molar-refractivity contribution in [3.05, 3.63) is 30.2 Å². The Morgan fingerprint density at radius 3 is 2.40 bits per heavy atom. The molecule has 168 valence electrons. The highest BCUT2D eigenvalue weighted by atomic mass is 127. The number of guanidine groups is 1. The second kappa shape index (κ2) is 16.2. The minimum atomic E-state index is 0. The van der Waals surface area contributed by atoms with E-state index in [4.69, 9.17) is 9.26 Å². The number of methoxy groups -OCH3 is 1. The van der Waals surface area contributed by atoms with Gasteiger partial charge in [0, 0.05) is 32.1 Å². The lowest BCUT2D eigenvalue weighted by Gasteiger charge is -2.11. The van der Waals surface area contributed by atoms with Crippen LogP contribution >= 0.6 is 35.7 Å². The van der Waals surface area contributed by atoms with E-state index in [0.717, 1.165) is 56.0 Å². The SMILES string of the molecule is CN=C(NCCCCCc1nc(-c2ccc(OC)cc2)no1)NCCCCSC.I. The van der Waals surface area contributed by atoms with Crippen molar-refractivity contribution in [2.24, 2.45) is 4.99 Å². The van der Waals surface area contributed by atoms with Gasteiger partial charge < -0.3 is 19.9 Å². The van der Waals surface area contributed by atoms with Crippen molar-refractivity contribution in [2.45, 2.75) is 38.5 Å². The molecule has 1 heterocycles. The van der Waals surface area contributed by atoms with Crippen molar-refractivity contribution in [3.8, 4) is 17.1 Å². The average molecular weight is 548 g/mol. The van der Waals surface area contributed by atoms with Crippen LogP contribution in [0, 0.1) is 0 Å². The first-order valence-electron chi connectivity index (χ1n) is 10.2. The molecule has 0 fully saturated rings. The quantitative estimate of drug-likeness (QED) is 0.167. The number of aromatic nitrogens is 2. The number of hydrogen-bond donors (Lipinski definition) is 2. The molecule has 2 rings (SSSR count). The first-order valence-corrected chi connectivity index (χ1v) is 11.6. The van der Waals surface area contributed by atoms with Crippen LogP contribution in [0.3, 0.4) is 0 Å². The largest absolute Gasteiger partial charge is 0.497 e. The van der Waals surface area contributed by atoms with Gasteiger partial charge in [-0.15, -0.1) is 24.0 Å². The molecular formula is C21H34IN5O2S. The van der Waals surface area contributed by atoms with E-state index in [1.54, 1.807) is 7.11 Å². The zero-order chi connectivity index (χ0) is 20.7. The van der Waals surface area contributed by atoms with Crippen LogP contribution in [0.25, 0.3) is 11.4 Å². The van der Waals surface area contributed by atoms with E-state index in [0.29, 0.717) is 11.7 Å². The number of rotatable bonds is 13. The molecule has 1 aromatic carbocycles. The van der Waals surface area contributed by atoms with E-state index in [-0.39, 0.29) is 24.0 Å². The standard InChI is InChI=1S/C21H33N5O2S.HI/c1-22-21(24-15-7-8-16-29-3)23-14-6-4-5-9-19-25-20(26-28-19)17-10-12-18(27-2)13-11-17;/h10-13H,4-9,14-16H2,1-3H3,(H2,22,23,24);1H. The van der Waals surface area contributed by atoms with E-state index in [1.807, 2.05) is 43.1 Å². The summed E-state index contributed by atoms with van der Waals surface area (Å²) < 4.78 is 10.5. The summed E-state index contributed by atoms with van der Waals surface area (Å²) in [7, 11) is 3.46. The lowest BCUT2D eigenvalue weighted by Crippen LogP contribution is -2.38. The number of hydrogen-bond acceptors (Lipinski definition) is 6. The minimum Gasteiger partial charge on any atom is -0.497 e. The molecule has 2 N–H and O–H groups in total. The molecular weight excluding hydrogens is 513 g/mol. The molecule has 0 saturated heterocycles. The third kappa shape index (κ3) is 10.0. The summed E-state index contributed by atoms with van der Waals surface area (Å²) in [5.41, 5.74) is 0.928.